The number of rotatable bonds is 3. The lowest BCUT2D eigenvalue weighted by atomic mass is 10.1. The molecular formula is C16H19N3O2. The summed E-state index contributed by atoms with van der Waals surface area (Å²) in [5, 5.41) is 2.81. The number of hydrogen-bond donors (Lipinski definition) is 1. The van der Waals surface area contributed by atoms with E-state index in [0.717, 1.165) is 22.5 Å². The molecule has 5 heteroatoms. The van der Waals surface area contributed by atoms with Crippen LogP contribution in [0.4, 0.5) is 5.69 Å². The Morgan fingerprint density at radius 1 is 1.10 bits per heavy atom. The minimum absolute atomic E-state index is 0.0368. The van der Waals surface area contributed by atoms with Gasteiger partial charge in [0.15, 0.2) is 0 Å². The van der Waals surface area contributed by atoms with Crippen molar-refractivity contribution >= 4 is 11.6 Å². The van der Waals surface area contributed by atoms with Gasteiger partial charge in [0.2, 0.25) is 5.91 Å². The van der Waals surface area contributed by atoms with Gasteiger partial charge in [-0.05, 0) is 57.0 Å². The average Bonchev–Trinajstić information content (AvgIpc) is 2.32. The van der Waals surface area contributed by atoms with E-state index in [1.807, 2.05) is 32.0 Å². The van der Waals surface area contributed by atoms with Gasteiger partial charge in [0.25, 0.3) is 0 Å². The lowest BCUT2D eigenvalue weighted by molar-refractivity contribution is -0.116. The molecule has 2 aromatic rings. The third-order valence-corrected chi connectivity index (χ3v) is 3.15. The van der Waals surface area contributed by atoms with Gasteiger partial charge >= 0.3 is 5.69 Å². The van der Waals surface area contributed by atoms with Crippen molar-refractivity contribution in [3.8, 4) is 0 Å². The number of nitrogens with zero attached hydrogens (tertiary/aromatic N) is 2. The molecule has 0 unspecified atom stereocenters. The molecule has 0 atom stereocenters. The number of amides is 1. The Hall–Kier alpha value is -2.43. The van der Waals surface area contributed by atoms with E-state index in [1.165, 1.54) is 4.57 Å². The number of nitrogens with one attached hydrogen (secondary N) is 1. The van der Waals surface area contributed by atoms with E-state index < -0.39 is 5.69 Å². The summed E-state index contributed by atoms with van der Waals surface area (Å²) in [5.41, 5.74) is 3.88. The number of benzene rings is 1. The molecule has 0 fully saturated rings. The predicted octanol–water partition coefficient (Wildman–Crippen LogP) is 2.12. The molecule has 0 aliphatic carbocycles. The van der Waals surface area contributed by atoms with Crippen LogP contribution in [0.25, 0.3) is 0 Å². The van der Waals surface area contributed by atoms with Crippen LogP contribution >= 0.6 is 0 Å². The summed E-state index contributed by atoms with van der Waals surface area (Å²) < 4.78 is 1.37. The van der Waals surface area contributed by atoms with E-state index in [9.17, 15) is 9.59 Å². The Bertz CT molecular complexity index is 727. The van der Waals surface area contributed by atoms with Crippen LogP contribution in [-0.2, 0) is 11.3 Å². The molecule has 2 rings (SSSR count). The second-order valence-electron chi connectivity index (χ2n) is 5.33. The Labute approximate surface area is 123 Å². The Morgan fingerprint density at radius 3 is 2.29 bits per heavy atom. The molecule has 1 heterocycles. The van der Waals surface area contributed by atoms with E-state index in [2.05, 4.69) is 10.3 Å². The highest BCUT2D eigenvalue weighted by atomic mass is 16.2. The van der Waals surface area contributed by atoms with E-state index in [4.69, 9.17) is 0 Å². The predicted molar refractivity (Wildman–Crippen MR) is 82.5 cm³/mol. The number of carbonyl (C=O) groups excluding carboxylic acids is 1. The second-order valence-corrected chi connectivity index (χ2v) is 5.33. The maximum Gasteiger partial charge on any atom is 0.348 e. The van der Waals surface area contributed by atoms with Crippen molar-refractivity contribution in [2.24, 2.45) is 0 Å². The molecule has 0 saturated heterocycles. The molecule has 0 radical (unpaired) electrons. The molecule has 1 aromatic carbocycles. The molecule has 1 aromatic heterocycles. The number of hydrogen-bond acceptors (Lipinski definition) is 3. The summed E-state index contributed by atoms with van der Waals surface area (Å²) in [5.74, 6) is -0.240. The first-order valence-electron chi connectivity index (χ1n) is 6.78. The third kappa shape index (κ3) is 3.78. The topological polar surface area (TPSA) is 64.0 Å². The second kappa shape index (κ2) is 5.91. The third-order valence-electron chi connectivity index (χ3n) is 3.15. The van der Waals surface area contributed by atoms with Crippen LogP contribution in [0.1, 0.15) is 22.5 Å². The van der Waals surface area contributed by atoms with Crippen LogP contribution in [0.2, 0.25) is 0 Å². The number of aryl methyl sites for hydroxylation is 4. The fraction of sp³-hybridized carbons (Fsp3) is 0.312. The molecule has 1 N–H and O–H groups in total. The molecule has 0 spiro atoms. The van der Waals surface area contributed by atoms with Crippen molar-refractivity contribution < 1.29 is 4.79 Å². The van der Waals surface area contributed by atoms with Crippen molar-refractivity contribution in [2.45, 2.75) is 34.2 Å². The van der Waals surface area contributed by atoms with E-state index in [-0.39, 0.29) is 12.5 Å². The van der Waals surface area contributed by atoms with Crippen LogP contribution in [-0.4, -0.2) is 15.5 Å². The zero-order valence-electron chi connectivity index (χ0n) is 12.7. The van der Waals surface area contributed by atoms with Crippen LogP contribution in [0.3, 0.4) is 0 Å². The van der Waals surface area contributed by atoms with Crippen molar-refractivity contribution in [3.63, 3.8) is 0 Å². The van der Waals surface area contributed by atoms with Crippen LogP contribution in [0.15, 0.2) is 29.1 Å². The zero-order valence-corrected chi connectivity index (χ0v) is 12.7. The van der Waals surface area contributed by atoms with Crippen molar-refractivity contribution in [1.29, 1.82) is 0 Å². The highest BCUT2D eigenvalue weighted by Crippen LogP contribution is 2.13. The first kappa shape index (κ1) is 15.0. The van der Waals surface area contributed by atoms with E-state index in [1.54, 1.807) is 19.9 Å². The van der Waals surface area contributed by atoms with E-state index in [0.29, 0.717) is 5.69 Å². The quantitative estimate of drug-likeness (QED) is 0.939. The molecule has 0 saturated carbocycles. The molecule has 0 aliphatic rings. The number of anilines is 1. The fourth-order valence-corrected chi connectivity index (χ4v) is 2.36. The molecule has 0 aliphatic heterocycles. The Kier molecular flexibility index (Phi) is 4.21. The van der Waals surface area contributed by atoms with Gasteiger partial charge in [-0.15, -0.1) is 0 Å². The van der Waals surface area contributed by atoms with Crippen LogP contribution in [0, 0.1) is 27.7 Å². The summed E-state index contributed by atoms with van der Waals surface area (Å²) >= 11 is 0. The first-order chi connectivity index (χ1) is 9.85. The smallest absolute Gasteiger partial charge is 0.325 e. The Morgan fingerprint density at radius 2 is 1.71 bits per heavy atom. The molecular weight excluding hydrogens is 266 g/mol. The summed E-state index contributed by atoms with van der Waals surface area (Å²) in [6, 6.07) is 7.61. The van der Waals surface area contributed by atoms with Crippen molar-refractivity contribution in [3.05, 3.63) is 57.3 Å². The first-order valence-corrected chi connectivity index (χ1v) is 6.78. The maximum absolute atomic E-state index is 12.1. The highest BCUT2D eigenvalue weighted by Gasteiger charge is 2.09. The summed E-state index contributed by atoms with van der Waals surface area (Å²) in [4.78, 5) is 27.8. The SMILES string of the molecule is Cc1cc(C)cc(NC(=O)Cn2c(C)cc(C)nc2=O)c1. The largest absolute Gasteiger partial charge is 0.348 e. The van der Waals surface area contributed by atoms with Crippen molar-refractivity contribution in [1.82, 2.24) is 9.55 Å². The Balaban J connectivity index is 2.17. The molecule has 0 bridgehead atoms. The van der Waals surface area contributed by atoms with Gasteiger partial charge in [-0.25, -0.2) is 4.79 Å². The average molecular weight is 285 g/mol. The molecule has 21 heavy (non-hydrogen) atoms. The fourth-order valence-electron chi connectivity index (χ4n) is 2.36. The van der Waals surface area contributed by atoms with Gasteiger partial charge in [0.1, 0.15) is 6.54 Å². The normalized spacial score (nSPS) is 10.5. The number of carbonyl (C=O) groups is 1. The van der Waals surface area contributed by atoms with Gasteiger partial charge in [-0.1, -0.05) is 6.07 Å². The van der Waals surface area contributed by atoms with Crippen LogP contribution in [0.5, 0.6) is 0 Å². The standard InChI is InChI=1S/C16H19N3O2/c1-10-5-11(2)7-14(6-10)18-15(20)9-19-13(4)8-12(3)17-16(19)21/h5-8H,9H2,1-4H3,(H,18,20). The zero-order chi connectivity index (χ0) is 15.6. The summed E-state index contributed by atoms with van der Waals surface area (Å²) in [6.45, 7) is 7.46. The minimum atomic E-state index is -0.400. The summed E-state index contributed by atoms with van der Waals surface area (Å²) in [6.07, 6.45) is 0. The van der Waals surface area contributed by atoms with Crippen LogP contribution < -0.4 is 11.0 Å². The van der Waals surface area contributed by atoms with Gasteiger partial charge in [-0.3, -0.25) is 9.36 Å². The van der Waals surface area contributed by atoms with E-state index >= 15 is 0 Å². The van der Waals surface area contributed by atoms with Gasteiger partial charge in [-0.2, -0.15) is 4.98 Å². The molecule has 1 amide bonds. The van der Waals surface area contributed by atoms with Gasteiger partial charge in [0, 0.05) is 17.1 Å². The van der Waals surface area contributed by atoms with Gasteiger partial charge in [0.05, 0.1) is 0 Å². The highest BCUT2D eigenvalue weighted by molar-refractivity contribution is 5.90. The minimum Gasteiger partial charge on any atom is -0.325 e. The van der Waals surface area contributed by atoms with Crippen molar-refractivity contribution in [2.75, 3.05) is 5.32 Å². The number of aromatic nitrogens is 2. The molecule has 110 valence electrons. The lowest BCUT2D eigenvalue weighted by Gasteiger charge is -2.11. The lowest BCUT2D eigenvalue weighted by Crippen LogP contribution is -2.31. The molecule has 5 nitrogen and oxygen atoms in total. The van der Waals surface area contributed by atoms with Gasteiger partial charge < -0.3 is 5.32 Å². The summed E-state index contributed by atoms with van der Waals surface area (Å²) in [7, 11) is 0. The monoisotopic (exact) mass is 285 g/mol. The maximum atomic E-state index is 12.1.